The van der Waals surface area contributed by atoms with Gasteiger partial charge in [0.1, 0.15) is 12.6 Å². The maximum atomic E-state index is 13.0. The molecule has 1 saturated heterocycles. The third kappa shape index (κ3) is 4.74. The minimum Gasteiger partial charge on any atom is -0.445 e. The Kier molecular flexibility index (Phi) is 7.11. The number of aryl methyl sites for hydroxylation is 1. The smallest absolute Gasteiger partial charge is 0.407 e. The van der Waals surface area contributed by atoms with E-state index in [4.69, 9.17) is 4.74 Å². The summed E-state index contributed by atoms with van der Waals surface area (Å²) in [6.45, 7) is 2.46. The van der Waals surface area contributed by atoms with E-state index < -0.39 is 18.0 Å². The monoisotopic (exact) mass is 554 g/mol. The average molecular weight is 555 g/mol. The molecule has 11 heteroatoms. The number of nitrogens with one attached hydrogen (secondary N) is 2. The molecule has 38 heavy (non-hydrogen) atoms. The van der Waals surface area contributed by atoms with Crippen molar-refractivity contribution >= 4 is 57.8 Å². The molecule has 198 valence electrons. The molecule has 0 spiro atoms. The molecule has 1 aliphatic carbocycles. The molecule has 1 atom stereocenters. The number of halogens is 1. The summed E-state index contributed by atoms with van der Waals surface area (Å²) < 4.78 is 6.62. The van der Waals surface area contributed by atoms with Crippen molar-refractivity contribution in [3.05, 3.63) is 63.7 Å². The normalized spacial score (nSPS) is 22.4. The molecule has 1 aromatic heterocycles. The first-order chi connectivity index (χ1) is 17.9. The topological polar surface area (TPSA) is 118 Å². The molecule has 9 nitrogen and oxygen atoms in total. The molecule has 1 unspecified atom stereocenters. The lowest BCUT2D eigenvalue weighted by Gasteiger charge is -2.36. The average Bonchev–Trinajstić information content (AvgIpc) is 3.45. The van der Waals surface area contributed by atoms with Crippen LogP contribution in [0.2, 0.25) is 0 Å². The zero-order valence-electron chi connectivity index (χ0n) is 20.7. The quantitative estimate of drug-likeness (QED) is 0.461. The molecule has 2 fully saturated rings. The van der Waals surface area contributed by atoms with Gasteiger partial charge in [0, 0.05) is 24.6 Å². The molecule has 1 saturated carbocycles. The number of amides is 4. The molecule has 3 aromatic rings. The van der Waals surface area contributed by atoms with E-state index in [0.717, 1.165) is 23.9 Å². The second kappa shape index (κ2) is 10.3. The van der Waals surface area contributed by atoms with Gasteiger partial charge < -0.3 is 15.0 Å². The van der Waals surface area contributed by atoms with E-state index >= 15 is 0 Å². The summed E-state index contributed by atoms with van der Waals surface area (Å²) in [4.78, 5) is 55.1. The second-order valence-electron chi connectivity index (χ2n) is 9.97. The van der Waals surface area contributed by atoms with Crippen LogP contribution >= 0.6 is 23.7 Å². The van der Waals surface area contributed by atoms with Gasteiger partial charge in [-0.3, -0.25) is 19.7 Å². The van der Waals surface area contributed by atoms with Crippen molar-refractivity contribution < 1.29 is 23.9 Å². The highest BCUT2D eigenvalue weighted by Gasteiger charge is 2.39. The van der Waals surface area contributed by atoms with E-state index in [0.29, 0.717) is 30.0 Å². The zero-order valence-corrected chi connectivity index (χ0v) is 22.3. The van der Waals surface area contributed by atoms with Crippen molar-refractivity contribution in [2.75, 3.05) is 0 Å². The van der Waals surface area contributed by atoms with E-state index in [1.54, 1.807) is 17.4 Å². The number of thiazole rings is 1. The highest BCUT2D eigenvalue weighted by molar-refractivity contribution is 7.16. The van der Waals surface area contributed by atoms with Crippen molar-refractivity contribution in [3.63, 3.8) is 0 Å². The van der Waals surface area contributed by atoms with Gasteiger partial charge in [0.2, 0.25) is 11.8 Å². The lowest BCUT2D eigenvalue weighted by molar-refractivity contribution is -0.136. The molecule has 2 aromatic carbocycles. The van der Waals surface area contributed by atoms with E-state index in [1.807, 2.05) is 17.6 Å². The Labute approximate surface area is 229 Å². The lowest BCUT2D eigenvalue weighted by atomic mass is 9.74. The number of nitrogens with zero attached hydrogens (tertiary/aromatic N) is 2. The maximum absolute atomic E-state index is 13.0. The van der Waals surface area contributed by atoms with Crippen molar-refractivity contribution in [3.8, 4) is 0 Å². The molecule has 3 aliphatic rings. The number of alkyl carbamates (subject to hydrolysis) is 1. The fourth-order valence-electron chi connectivity index (χ4n) is 5.59. The van der Waals surface area contributed by atoms with E-state index in [-0.39, 0.29) is 43.3 Å². The van der Waals surface area contributed by atoms with Crippen molar-refractivity contribution in [2.24, 2.45) is 0 Å². The number of fused-ring (bicyclic) bond motifs is 2. The summed E-state index contributed by atoms with van der Waals surface area (Å²) in [6, 6.07) is 9.01. The van der Waals surface area contributed by atoms with Gasteiger partial charge in [-0.05, 0) is 66.5 Å². The number of ether oxygens (including phenoxy) is 1. The number of imide groups is 1. The Morgan fingerprint density at radius 2 is 2.03 bits per heavy atom. The summed E-state index contributed by atoms with van der Waals surface area (Å²) in [5, 5.41) is 5.25. The van der Waals surface area contributed by atoms with Crippen LogP contribution < -0.4 is 10.6 Å². The molecule has 2 N–H and O–H groups in total. The number of aromatic nitrogens is 1. The van der Waals surface area contributed by atoms with E-state index in [2.05, 4.69) is 34.7 Å². The van der Waals surface area contributed by atoms with E-state index in [1.165, 1.54) is 20.7 Å². The van der Waals surface area contributed by atoms with Gasteiger partial charge in [0.05, 0.1) is 15.7 Å². The van der Waals surface area contributed by atoms with Gasteiger partial charge in [-0.2, -0.15) is 0 Å². The van der Waals surface area contributed by atoms with Crippen LogP contribution in [0.4, 0.5) is 4.79 Å². The first kappa shape index (κ1) is 26.1. The predicted octanol–water partition coefficient (Wildman–Crippen LogP) is 3.96. The van der Waals surface area contributed by atoms with Crippen molar-refractivity contribution in [1.82, 2.24) is 20.5 Å². The maximum Gasteiger partial charge on any atom is 0.407 e. The number of carbonyl (C=O) groups is 4. The number of hydrogen-bond donors (Lipinski definition) is 2. The van der Waals surface area contributed by atoms with E-state index in [9.17, 15) is 19.2 Å². The SMILES string of the molecule is Cc1ccc2scnc2c1C1CC(NC(=O)OCc2ccc3c(c2)C(=O)N(C2CCC(=O)NC2=O)C3)C1.Cl. The highest BCUT2D eigenvalue weighted by Crippen LogP contribution is 2.42. The largest absolute Gasteiger partial charge is 0.445 e. The second-order valence-corrected chi connectivity index (χ2v) is 10.9. The molecular weight excluding hydrogens is 528 g/mol. The van der Waals surface area contributed by atoms with Gasteiger partial charge in [-0.15, -0.1) is 23.7 Å². The minimum atomic E-state index is -0.652. The number of benzene rings is 2. The van der Waals surface area contributed by atoms with Crippen LogP contribution in [0.1, 0.15) is 64.2 Å². The van der Waals surface area contributed by atoms with Crippen LogP contribution in [0.25, 0.3) is 10.2 Å². The Morgan fingerprint density at radius 3 is 2.82 bits per heavy atom. The van der Waals surface area contributed by atoms with Gasteiger partial charge in [-0.25, -0.2) is 9.78 Å². The molecule has 4 amide bonds. The van der Waals surface area contributed by atoms with Crippen LogP contribution in [-0.4, -0.2) is 45.8 Å². The van der Waals surface area contributed by atoms with Crippen LogP contribution in [-0.2, 0) is 27.5 Å². The molecule has 6 rings (SSSR count). The van der Waals surface area contributed by atoms with Crippen molar-refractivity contribution in [1.29, 1.82) is 0 Å². The van der Waals surface area contributed by atoms with Gasteiger partial charge in [0.25, 0.3) is 5.91 Å². The number of hydrogen-bond acceptors (Lipinski definition) is 7. The van der Waals surface area contributed by atoms with Crippen LogP contribution in [0.5, 0.6) is 0 Å². The van der Waals surface area contributed by atoms with Crippen LogP contribution in [0.3, 0.4) is 0 Å². The fraction of sp³-hybridized carbons (Fsp3) is 0.370. The first-order valence-electron chi connectivity index (χ1n) is 12.4. The molecule has 2 aliphatic heterocycles. The third-order valence-electron chi connectivity index (χ3n) is 7.59. The van der Waals surface area contributed by atoms with Crippen molar-refractivity contribution in [2.45, 2.75) is 63.8 Å². The first-order valence-corrected chi connectivity index (χ1v) is 13.3. The lowest BCUT2D eigenvalue weighted by Crippen LogP contribution is -2.52. The molecule has 0 radical (unpaired) electrons. The molecular formula is C27H27ClN4O5S. The molecule has 3 heterocycles. The molecule has 0 bridgehead atoms. The summed E-state index contributed by atoms with van der Waals surface area (Å²) >= 11 is 1.64. The summed E-state index contributed by atoms with van der Waals surface area (Å²) in [6.07, 6.45) is 1.74. The highest BCUT2D eigenvalue weighted by atomic mass is 35.5. The Hall–Kier alpha value is -3.50. The third-order valence-corrected chi connectivity index (χ3v) is 8.38. The van der Waals surface area contributed by atoms with Crippen LogP contribution in [0.15, 0.2) is 35.8 Å². The van der Waals surface area contributed by atoms with Crippen LogP contribution in [0, 0.1) is 6.92 Å². The summed E-state index contributed by atoms with van der Waals surface area (Å²) in [5.41, 5.74) is 7.46. The number of piperidine rings is 1. The Morgan fingerprint density at radius 1 is 1.21 bits per heavy atom. The Bertz CT molecular complexity index is 1450. The Balaban J connectivity index is 0.00000294. The summed E-state index contributed by atoms with van der Waals surface area (Å²) in [7, 11) is 0. The van der Waals surface area contributed by atoms with Gasteiger partial charge in [0.15, 0.2) is 0 Å². The standard InChI is InChI=1S/C27H26N4O5S.ClH/c1-14-2-6-21-24(28-13-37-21)23(14)17-9-18(10-17)29-27(35)36-12-15-3-4-16-11-31(26(34)19(16)8-15)20-5-7-22(32)30-25(20)33;/h2-4,6,8,13,17-18,20H,5,7,9-12H2,1H3,(H,29,35)(H,30,32,33);1H. The minimum absolute atomic E-state index is 0. The fourth-order valence-corrected chi connectivity index (χ4v) is 6.28. The van der Waals surface area contributed by atoms with Gasteiger partial charge in [-0.1, -0.05) is 18.2 Å². The predicted molar refractivity (Wildman–Crippen MR) is 143 cm³/mol. The number of rotatable bonds is 5. The van der Waals surface area contributed by atoms with Gasteiger partial charge >= 0.3 is 6.09 Å². The summed E-state index contributed by atoms with van der Waals surface area (Å²) in [5.74, 6) is -0.630. The number of carbonyl (C=O) groups excluding carboxylic acids is 4. The zero-order chi connectivity index (χ0) is 25.7.